The summed E-state index contributed by atoms with van der Waals surface area (Å²) in [6.07, 6.45) is 3.53. The van der Waals surface area contributed by atoms with Crippen LogP contribution in [-0.2, 0) is 6.54 Å². The molecule has 0 atom stereocenters. The van der Waals surface area contributed by atoms with Crippen LogP contribution >= 0.6 is 0 Å². The molecule has 1 amide bonds. The van der Waals surface area contributed by atoms with E-state index in [0.29, 0.717) is 23.5 Å². The molecule has 0 fully saturated rings. The molecule has 0 saturated carbocycles. The van der Waals surface area contributed by atoms with Crippen molar-refractivity contribution in [3.63, 3.8) is 0 Å². The predicted molar refractivity (Wildman–Crippen MR) is 134 cm³/mol. The standard InChI is InChI=1S/C28H25N5O/c1-20-11-9-10-14-23(20)18-32-19-24(17-29-32)30-28(34)26-21(2)33(25-15-7-4-8-16-25)31-27(26)22-12-5-3-6-13-22/h3-17,19H,18H2,1-2H3,(H,30,34). The van der Waals surface area contributed by atoms with Gasteiger partial charge < -0.3 is 5.32 Å². The fourth-order valence-corrected chi connectivity index (χ4v) is 4.06. The minimum atomic E-state index is -0.214. The van der Waals surface area contributed by atoms with Gasteiger partial charge in [0.1, 0.15) is 5.69 Å². The van der Waals surface area contributed by atoms with Crippen molar-refractivity contribution in [3.8, 4) is 16.9 Å². The summed E-state index contributed by atoms with van der Waals surface area (Å²) in [6.45, 7) is 4.64. The molecule has 0 unspecified atom stereocenters. The number of hydrogen-bond donors (Lipinski definition) is 1. The second-order valence-corrected chi connectivity index (χ2v) is 8.23. The molecule has 2 heterocycles. The maximum absolute atomic E-state index is 13.5. The number of carbonyl (C=O) groups is 1. The average molecular weight is 448 g/mol. The summed E-state index contributed by atoms with van der Waals surface area (Å²) in [7, 11) is 0. The third-order valence-corrected chi connectivity index (χ3v) is 5.88. The number of anilines is 1. The maximum Gasteiger partial charge on any atom is 0.259 e. The Kier molecular flexibility index (Phi) is 5.79. The first-order valence-corrected chi connectivity index (χ1v) is 11.2. The fraction of sp³-hybridized carbons (Fsp3) is 0.107. The molecule has 0 aliphatic heterocycles. The number of aromatic nitrogens is 4. The van der Waals surface area contributed by atoms with Crippen molar-refractivity contribution >= 4 is 11.6 Å². The van der Waals surface area contributed by atoms with Crippen LogP contribution in [0.5, 0.6) is 0 Å². The number of hydrogen-bond acceptors (Lipinski definition) is 3. The minimum Gasteiger partial charge on any atom is -0.319 e. The second kappa shape index (κ2) is 9.19. The number of nitrogens with one attached hydrogen (secondary N) is 1. The van der Waals surface area contributed by atoms with E-state index in [4.69, 9.17) is 5.10 Å². The van der Waals surface area contributed by atoms with E-state index in [1.165, 1.54) is 11.1 Å². The van der Waals surface area contributed by atoms with Crippen LogP contribution in [0.1, 0.15) is 27.2 Å². The van der Waals surface area contributed by atoms with Gasteiger partial charge in [-0.25, -0.2) is 4.68 Å². The zero-order valence-electron chi connectivity index (χ0n) is 19.1. The molecule has 168 valence electrons. The van der Waals surface area contributed by atoms with Gasteiger partial charge in [-0.2, -0.15) is 10.2 Å². The smallest absolute Gasteiger partial charge is 0.259 e. The number of benzene rings is 3. The van der Waals surface area contributed by atoms with Gasteiger partial charge in [0, 0.05) is 11.8 Å². The molecular formula is C28H25N5O. The molecule has 0 aliphatic rings. The molecule has 0 bridgehead atoms. The number of para-hydroxylation sites is 1. The van der Waals surface area contributed by atoms with Crippen molar-refractivity contribution in [2.45, 2.75) is 20.4 Å². The molecule has 6 heteroatoms. The van der Waals surface area contributed by atoms with Gasteiger partial charge in [0.15, 0.2) is 0 Å². The van der Waals surface area contributed by atoms with Crippen LogP contribution in [0.3, 0.4) is 0 Å². The topological polar surface area (TPSA) is 64.7 Å². The first-order chi connectivity index (χ1) is 16.6. The Balaban J connectivity index is 1.46. The molecule has 0 radical (unpaired) electrons. The molecule has 0 spiro atoms. The molecule has 5 rings (SSSR count). The number of rotatable bonds is 6. The van der Waals surface area contributed by atoms with E-state index < -0.39 is 0 Å². The van der Waals surface area contributed by atoms with Crippen molar-refractivity contribution in [2.24, 2.45) is 0 Å². The van der Waals surface area contributed by atoms with Crippen molar-refractivity contribution in [1.29, 1.82) is 0 Å². The first kappa shape index (κ1) is 21.4. The Hall–Kier alpha value is -4.45. The fourth-order valence-electron chi connectivity index (χ4n) is 4.06. The molecule has 5 aromatic rings. The zero-order valence-corrected chi connectivity index (χ0v) is 19.1. The molecule has 1 N–H and O–H groups in total. The zero-order chi connectivity index (χ0) is 23.5. The van der Waals surface area contributed by atoms with E-state index in [0.717, 1.165) is 16.9 Å². The summed E-state index contributed by atoms with van der Waals surface area (Å²) in [5.41, 5.74) is 6.80. The van der Waals surface area contributed by atoms with E-state index in [1.807, 2.05) is 95.3 Å². The molecule has 2 aromatic heterocycles. The highest BCUT2D eigenvalue weighted by atomic mass is 16.1. The van der Waals surface area contributed by atoms with Crippen LogP contribution < -0.4 is 5.32 Å². The molecular weight excluding hydrogens is 422 g/mol. The van der Waals surface area contributed by atoms with Gasteiger partial charge in [0.05, 0.1) is 35.4 Å². The number of aryl methyl sites for hydroxylation is 1. The molecule has 34 heavy (non-hydrogen) atoms. The molecule has 3 aromatic carbocycles. The maximum atomic E-state index is 13.5. The van der Waals surface area contributed by atoms with E-state index in [-0.39, 0.29) is 5.91 Å². The molecule has 6 nitrogen and oxygen atoms in total. The van der Waals surface area contributed by atoms with Gasteiger partial charge in [-0.05, 0) is 37.1 Å². The first-order valence-electron chi connectivity index (χ1n) is 11.2. The SMILES string of the molecule is Cc1ccccc1Cn1cc(NC(=O)c2c(-c3ccccc3)nn(-c3ccccc3)c2C)cn1. The van der Waals surface area contributed by atoms with Crippen molar-refractivity contribution in [3.05, 3.63) is 120 Å². The molecule has 0 aliphatic carbocycles. The van der Waals surface area contributed by atoms with E-state index >= 15 is 0 Å². The van der Waals surface area contributed by atoms with E-state index in [9.17, 15) is 4.79 Å². The van der Waals surface area contributed by atoms with Crippen LogP contribution in [0.2, 0.25) is 0 Å². The Labute approximate surface area is 198 Å². The van der Waals surface area contributed by atoms with Gasteiger partial charge in [0.25, 0.3) is 5.91 Å². The van der Waals surface area contributed by atoms with Gasteiger partial charge in [-0.1, -0.05) is 72.8 Å². The Morgan fingerprint density at radius 2 is 1.56 bits per heavy atom. The summed E-state index contributed by atoms with van der Waals surface area (Å²) in [5, 5.41) is 12.3. The highest BCUT2D eigenvalue weighted by molar-refractivity contribution is 6.09. The summed E-state index contributed by atoms with van der Waals surface area (Å²) < 4.78 is 3.65. The number of carbonyl (C=O) groups excluding carboxylic acids is 1. The normalized spacial score (nSPS) is 10.9. The Morgan fingerprint density at radius 1 is 0.882 bits per heavy atom. The number of amides is 1. The van der Waals surface area contributed by atoms with Gasteiger partial charge >= 0.3 is 0 Å². The van der Waals surface area contributed by atoms with Crippen LogP contribution in [-0.4, -0.2) is 25.5 Å². The van der Waals surface area contributed by atoms with E-state index in [1.54, 1.807) is 6.20 Å². The Bertz CT molecular complexity index is 1430. The van der Waals surface area contributed by atoms with Crippen molar-refractivity contribution < 1.29 is 4.79 Å². The second-order valence-electron chi connectivity index (χ2n) is 8.23. The van der Waals surface area contributed by atoms with Gasteiger partial charge in [-0.3, -0.25) is 9.48 Å². The minimum absolute atomic E-state index is 0.214. The highest BCUT2D eigenvalue weighted by Gasteiger charge is 2.23. The largest absolute Gasteiger partial charge is 0.319 e. The van der Waals surface area contributed by atoms with Crippen LogP contribution in [0.25, 0.3) is 16.9 Å². The van der Waals surface area contributed by atoms with Crippen LogP contribution in [0, 0.1) is 13.8 Å². The lowest BCUT2D eigenvalue weighted by Crippen LogP contribution is -2.14. The summed E-state index contributed by atoms with van der Waals surface area (Å²) in [4.78, 5) is 13.5. The average Bonchev–Trinajstić information content (AvgIpc) is 3.45. The summed E-state index contributed by atoms with van der Waals surface area (Å²) in [5.74, 6) is -0.214. The summed E-state index contributed by atoms with van der Waals surface area (Å²) >= 11 is 0. The quantitative estimate of drug-likeness (QED) is 0.366. The van der Waals surface area contributed by atoms with Gasteiger partial charge in [0.2, 0.25) is 0 Å². The third-order valence-electron chi connectivity index (χ3n) is 5.88. The Morgan fingerprint density at radius 3 is 2.29 bits per heavy atom. The monoisotopic (exact) mass is 447 g/mol. The third kappa shape index (κ3) is 4.26. The van der Waals surface area contributed by atoms with Crippen LogP contribution in [0.15, 0.2) is 97.3 Å². The highest BCUT2D eigenvalue weighted by Crippen LogP contribution is 2.28. The molecule has 0 saturated heterocycles. The van der Waals surface area contributed by atoms with Crippen molar-refractivity contribution in [2.75, 3.05) is 5.32 Å². The van der Waals surface area contributed by atoms with Crippen molar-refractivity contribution in [1.82, 2.24) is 19.6 Å². The van der Waals surface area contributed by atoms with Crippen LogP contribution in [0.4, 0.5) is 5.69 Å². The lowest BCUT2D eigenvalue weighted by molar-refractivity contribution is 0.102. The lowest BCUT2D eigenvalue weighted by atomic mass is 10.1. The van der Waals surface area contributed by atoms with Gasteiger partial charge in [-0.15, -0.1) is 0 Å². The predicted octanol–water partition coefficient (Wildman–Crippen LogP) is 5.65. The number of nitrogens with zero attached hydrogens (tertiary/aromatic N) is 4. The van der Waals surface area contributed by atoms with E-state index in [2.05, 4.69) is 29.5 Å². The summed E-state index contributed by atoms with van der Waals surface area (Å²) in [6, 6.07) is 27.8. The lowest BCUT2D eigenvalue weighted by Gasteiger charge is -2.07.